The molecule has 2 nitrogen and oxygen atoms in total. The molecule has 0 fully saturated rings. The van der Waals surface area contributed by atoms with Gasteiger partial charge in [-0.25, -0.2) is 9.97 Å². The van der Waals surface area contributed by atoms with E-state index >= 15 is 0 Å². The Bertz CT molecular complexity index is 3220. The van der Waals surface area contributed by atoms with Crippen LogP contribution in [-0.4, -0.2) is 9.97 Å². The lowest BCUT2D eigenvalue weighted by molar-refractivity contribution is 0.661. The summed E-state index contributed by atoms with van der Waals surface area (Å²) in [6, 6.07) is 74.3. The molecular formula is C57H40N2. The van der Waals surface area contributed by atoms with Crippen LogP contribution in [0.1, 0.15) is 25.0 Å². The number of nitrogens with zero attached hydrogens (tertiary/aromatic N) is 2. The molecule has 0 atom stereocenters. The minimum absolute atomic E-state index is 0.123. The van der Waals surface area contributed by atoms with Crippen molar-refractivity contribution in [3.05, 3.63) is 217 Å². The molecule has 0 N–H and O–H groups in total. The molecule has 0 saturated heterocycles. The van der Waals surface area contributed by atoms with Crippen molar-refractivity contribution in [1.29, 1.82) is 0 Å². The first-order valence-corrected chi connectivity index (χ1v) is 20.4. The Hall–Kier alpha value is -7.42. The van der Waals surface area contributed by atoms with Gasteiger partial charge in [-0.1, -0.05) is 196 Å². The van der Waals surface area contributed by atoms with Crippen molar-refractivity contribution in [3.63, 3.8) is 0 Å². The predicted octanol–water partition coefficient (Wildman–Crippen LogP) is 15.1. The molecule has 0 radical (unpaired) electrons. The smallest absolute Gasteiger partial charge is 0.160 e. The Morgan fingerprint density at radius 2 is 0.881 bits per heavy atom. The van der Waals surface area contributed by atoms with Crippen molar-refractivity contribution >= 4 is 21.5 Å². The van der Waals surface area contributed by atoms with Gasteiger partial charge < -0.3 is 0 Å². The maximum absolute atomic E-state index is 5.36. The maximum atomic E-state index is 5.36. The summed E-state index contributed by atoms with van der Waals surface area (Å²) in [5.41, 5.74) is 17.2. The molecule has 1 aliphatic carbocycles. The monoisotopic (exact) mass is 752 g/mol. The van der Waals surface area contributed by atoms with Crippen LogP contribution in [0.3, 0.4) is 0 Å². The maximum Gasteiger partial charge on any atom is 0.160 e. The number of aromatic nitrogens is 2. The summed E-state index contributed by atoms with van der Waals surface area (Å²) in [5, 5.41) is 4.90. The minimum Gasteiger partial charge on any atom is -0.228 e. The molecule has 2 heteroatoms. The number of hydrogen-bond donors (Lipinski definition) is 0. The van der Waals surface area contributed by atoms with E-state index in [9.17, 15) is 0 Å². The Kier molecular flexibility index (Phi) is 8.20. The zero-order chi connectivity index (χ0) is 39.5. The molecule has 9 aromatic carbocycles. The predicted molar refractivity (Wildman–Crippen MR) is 247 cm³/mol. The number of rotatable bonds is 6. The fourth-order valence-corrected chi connectivity index (χ4v) is 9.33. The van der Waals surface area contributed by atoms with Crippen LogP contribution in [0.5, 0.6) is 0 Å². The zero-order valence-electron chi connectivity index (χ0n) is 33.0. The van der Waals surface area contributed by atoms with Crippen LogP contribution in [0.4, 0.5) is 0 Å². The minimum atomic E-state index is -0.123. The average molecular weight is 753 g/mol. The number of hydrogen-bond acceptors (Lipinski definition) is 2. The third-order valence-corrected chi connectivity index (χ3v) is 12.3. The highest BCUT2D eigenvalue weighted by atomic mass is 14.9. The third-order valence-electron chi connectivity index (χ3n) is 12.3. The topological polar surface area (TPSA) is 25.8 Å². The summed E-state index contributed by atoms with van der Waals surface area (Å²) in [6.45, 7) is 4.74. The van der Waals surface area contributed by atoms with Gasteiger partial charge in [-0.2, -0.15) is 0 Å². The van der Waals surface area contributed by atoms with E-state index < -0.39 is 0 Å². The fraction of sp³-hybridized carbons (Fsp3) is 0.0526. The zero-order valence-corrected chi connectivity index (χ0v) is 33.0. The Morgan fingerprint density at radius 3 is 1.59 bits per heavy atom. The van der Waals surface area contributed by atoms with Crippen LogP contribution in [0.25, 0.3) is 100.0 Å². The highest BCUT2D eigenvalue weighted by Gasteiger charge is 2.37. The molecule has 0 bridgehead atoms. The van der Waals surface area contributed by atoms with Crippen molar-refractivity contribution < 1.29 is 0 Å². The van der Waals surface area contributed by atoms with E-state index in [0.717, 1.165) is 50.2 Å². The molecule has 0 aliphatic heterocycles. The summed E-state index contributed by atoms with van der Waals surface area (Å²) >= 11 is 0. The Labute approximate surface area is 345 Å². The van der Waals surface area contributed by atoms with Gasteiger partial charge in [-0.3, -0.25) is 0 Å². The molecule has 0 unspecified atom stereocenters. The lowest BCUT2D eigenvalue weighted by Gasteiger charge is -2.22. The van der Waals surface area contributed by atoms with Gasteiger partial charge in [0.25, 0.3) is 0 Å². The van der Waals surface area contributed by atoms with Gasteiger partial charge in [-0.15, -0.1) is 0 Å². The second kappa shape index (κ2) is 13.9. The Balaban J connectivity index is 1.13. The van der Waals surface area contributed by atoms with Crippen molar-refractivity contribution in [2.24, 2.45) is 0 Å². The average Bonchev–Trinajstić information content (AvgIpc) is 3.53. The fourth-order valence-electron chi connectivity index (χ4n) is 9.33. The highest BCUT2D eigenvalue weighted by molar-refractivity contribution is 6.09. The van der Waals surface area contributed by atoms with Crippen LogP contribution in [0.15, 0.2) is 206 Å². The van der Waals surface area contributed by atoms with E-state index in [-0.39, 0.29) is 5.41 Å². The third kappa shape index (κ3) is 5.87. The first kappa shape index (κ1) is 34.8. The number of benzene rings is 9. The normalized spacial score (nSPS) is 12.7. The number of fused-ring (bicyclic) bond motifs is 5. The van der Waals surface area contributed by atoms with Crippen LogP contribution in [0, 0.1) is 0 Å². The molecule has 278 valence electrons. The van der Waals surface area contributed by atoms with E-state index in [1.54, 1.807) is 0 Å². The lowest BCUT2D eigenvalue weighted by Crippen LogP contribution is -2.14. The van der Waals surface area contributed by atoms with Gasteiger partial charge in [-0.05, 0) is 101 Å². The second-order valence-electron chi connectivity index (χ2n) is 16.1. The molecule has 1 aliphatic rings. The SMILES string of the molecule is CC1(C)c2cc3ccccc3cc2-c2c(-c3ccc(-c4cc(-c5cc(-c6ccccc6)ccc5-c5ccccc5)nc(-c5ccccc5)n4)c4ccccc34)cccc21. The second-order valence-corrected chi connectivity index (χ2v) is 16.1. The Morgan fingerprint density at radius 1 is 0.322 bits per heavy atom. The van der Waals surface area contributed by atoms with Crippen molar-refractivity contribution in [2.75, 3.05) is 0 Å². The molecule has 0 saturated carbocycles. The lowest BCUT2D eigenvalue weighted by atomic mass is 9.81. The van der Waals surface area contributed by atoms with Crippen molar-refractivity contribution in [3.8, 4) is 78.4 Å². The molecule has 1 heterocycles. The molecule has 11 rings (SSSR count). The van der Waals surface area contributed by atoms with E-state index in [2.05, 4.69) is 214 Å². The summed E-state index contributed by atoms with van der Waals surface area (Å²) < 4.78 is 0. The summed E-state index contributed by atoms with van der Waals surface area (Å²) in [6.07, 6.45) is 0. The van der Waals surface area contributed by atoms with Crippen molar-refractivity contribution in [2.45, 2.75) is 19.3 Å². The summed E-state index contributed by atoms with van der Waals surface area (Å²) in [5.74, 6) is 0.697. The standard InChI is InChI=1S/C57H40N2/c1-57(2)51-28-16-27-48(55(51)50-34-40-23-12-13-24-41(40)35-52(50)57)46-31-32-47(45-26-15-14-25-44(45)46)53-36-54(59-56(58-53)39-21-10-5-11-22-39)49-33-42(37-17-6-3-7-18-37)29-30-43(49)38-19-8-4-9-20-38/h3-36H,1-2H3. The van der Waals surface area contributed by atoms with Crippen LogP contribution < -0.4 is 0 Å². The van der Waals surface area contributed by atoms with Crippen molar-refractivity contribution in [1.82, 2.24) is 9.97 Å². The molecule has 0 spiro atoms. The first-order valence-electron chi connectivity index (χ1n) is 20.4. The van der Waals surface area contributed by atoms with E-state index in [1.165, 1.54) is 55.1 Å². The van der Waals surface area contributed by atoms with Gasteiger partial charge in [0.1, 0.15) is 0 Å². The summed E-state index contributed by atoms with van der Waals surface area (Å²) in [4.78, 5) is 10.7. The highest BCUT2D eigenvalue weighted by Crippen LogP contribution is 2.54. The van der Waals surface area contributed by atoms with E-state index in [0.29, 0.717) is 5.82 Å². The van der Waals surface area contributed by atoms with Crippen LogP contribution in [-0.2, 0) is 5.41 Å². The quantitative estimate of drug-likeness (QED) is 0.169. The van der Waals surface area contributed by atoms with Gasteiger partial charge in [0.05, 0.1) is 11.4 Å². The van der Waals surface area contributed by atoms with Crippen LogP contribution in [0.2, 0.25) is 0 Å². The molecule has 10 aromatic rings. The van der Waals surface area contributed by atoms with Gasteiger partial charge in [0, 0.05) is 22.1 Å². The molecular weight excluding hydrogens is 713 g/mol. The van der Waals surface area contributed by atoms with Gasteiger partial charge >= 0.3 is 0 Å². The van der Waals surface area contributed by atoms with Gasteiger partial charge in [0.2, 0.25) is 0 Å². The van der Waals surface area contributed by atoms with Gasteiger partial charge in [0.15, 0.2) is 5.82 Å². The van der Waals surface area contributed by atoms with E-state index in [1.807, 2.05) is 6.07 Å². The van der Waals surface area contributed by atoms with E-state index in [4.69, 9.17) is 9.97 Å². The molecule has 0 amide bonds. The molecule has 1 aromatic heterocycles. The largest absolute Gasteiger partial charge is 0.228 e. The summed E-state index contributed by atoms with van der Waals surface area (Å²) in [7, 11) is 0. The molecule has 59 heavy (non-hydrogen) atoms. The van der Waals surface area contributed by atoms with Crippen LogP contribution >= 0.6 is 0 Å². The first-order chi connectivity index (χ1) is 29.0.